The molecule has 0 spiro atoms. The Kier molecular flexibility index (Phi) is 6.02. The predicted molar refractivity (Wildman–Crippen MR) is 80.5 cm³/mol. The highest BCUT2D eigenvalue weighted by atomic mass is 16.5. The molecule has 0 atom stereocenters. The number of ether oxygens (including phenoxy) is 2. The van der Waals surface area contributed by atoms with Crippen LogP contribution in [0.3, 0.4) is 0 Å². The fourth-order valence-corrected chi connectivity index (χ4v) is 1.85. The van der Waals surface area contributed by atoms with Crippen LogP contribution < -0.4 is 14.8 Å². The van der Waals surface area contributed by atoms with Gasteiger partial charge in [-0.1, -0.05) is 12.1 Å². The van der Waals surface area contributed by atoms with Gasteiger partial charge in [-0.3, -0.25) is 0 Å². The maximum atomic E-state index is 5.66. The van der Waals surface area contributed by atoms with Gasteiger partial charge >= 0.3 is 0 Å². The summed E-state index contributed by atoms with van der Waals surface area (Å²) in [6.45, 7) is 5.12. The van der Waals surface area contributed by atoms with Gasteiger partial charge in [0.1, 0.15) is 18.1 Å². The van der Waals surface area contributed by atoms with Crippen molar-refractivity contribution in [3.63, 3.8) is 0 Å². The first-order valence-corrected chi connectivity index (χ1v) is 7.18. The van der Waals surface area contributed by atoms with E-state index in [4.69, 9.17) is 9.47 Å². The molecule has 0 bridgehead atoms. The molecule has 0 saturated heterocycles. The van der Waals surface area contributed by atoms with Crippen molar-refractivity contribution in [3.8, 4) is 11.5 Å². The Morgan fingerprint density at radius 1 is 1.19 bits per heavy atom. The summed E-state index contributed by atoms with van der Waals surface area (Å²) in [5.41, 5.74) is 0.952. The predicted octanol–water partition coefficient (Wildman–Crippen LogP) is 1.87. The zero-order chi connectivity index (χ0) is 14.9. The smallest absolute Gasteiger partial charge is 0.119 e. The molecular formula is C15H22N4O2. The van der Waals surface area contributed by atoms with Crippen molar-refractivity contribution in [2.24, 2.45) is 0 Å². The topological polar surface area (TPSA) is 61.2 Å². The summed E-state index contributed by atoms with van der Waals surface area (Å²) in [5.74, 6) is 1.64. The second-order valence-corrected chi connectivity index (χ2v) is 4.67. The molecule has 114 valence electrons. The highest BCUT2D eigenvalue weighted by Gasteiger charge is 2.01. The van der Waals surface area contributed by atoms with Crippen molar-refractivity contribution in [2.45, 2.75) is 26.4 Å². The van der Waals surface area contributed by atoms with Crippen LogP contribution in [0.5, 0.6) is 11.5 Å². The molecule has 0 aliphatic carbocycles. The number of hydrogen-bond donors (Lipinski definition) is 1. The van der Waals surface area contributed by atoms with Crippen LogP contribution in [0, 0.1) is 0 Å². The average Bonchev–Trinajstić information content (AvgIpc) is 2.96. The first kappa shape index (κ1) is 15.3. The number of nitrogens with one attached hydrogen (secondary N) is 1. The number of nitrogens with zero attached hydrogens (tertiary/aromatic N) is 3. The van der Waals surface area contributed by atoms with E-state index < -0.39 is 0 Å². The van der Waals surface area contributed by atoms with E-state index in [2.05, 4.69) is 22.6 Å². The van der Waals surface area contributed by atoms with Crippen LogP contribution >= 0.6 is 0 Å². The number of methoxy groups -OCH3 is 1. The van der Waals surface area contributed by atoms with E-state index in [-0.39, 0.29) is 0 Å². The fourth-order valence-electron chi connectivity index (χ4n) is 1.85. The molecule has 0 fully saturated rings. The zero-order valence-electron chi connectivity index (χ0n) is 12.6. The lowest BCUT2D eigenvalue weighted by molar-refractivity contribution is 0.289. The first-order valence-electron chi connectivity index (χ1n) is 7.18. The Labute approximate surface area is 125 Å². The third-order valence-corrected chi connectivity index (χ3v) is 2.97. The summed E-state index contributed by atoms with van der Waals surface area (Å²) in [6, 6.07) is 7.53. The van der Waals surface area contributed by atoms with Crippen molar-refractivity contribution in [1.29, 1.82) is 0 Å². The van der Waals surface area contributed by atoms with E-state index in [0.29, 0.717) is 13.2 Å². The summed E-state index contributed by atoms with van der Waals surface area (Å²) in [5, 5.41) is 11.5. The van der Waals surface area contributed by atoms with E-state index in [0.717, 1.165) is 36.7 Å². The molecule has 0 unspecified atom stereocenters. The number of hydrogen-bond acceptors (Lipinski definition) is 5. The monoisotopic (exact) mass is 290 g/mol. The molecular weight excluding hydrogens is 268 g/mol. The second kappa shape index (κ2) is 8.26. The van der Waals surface area contributed by atoms with Crippen molar-refractivity contribution >= 4 is 0 Å². The average molecular weight is 290 g/mol. The second-order valence-electron chi connectivity index (χ2n) is 4.67. The molecule has 0 aliphatic rings. The van der Waals surface area contributed by atoms with Gasteiger partial charge in [-0.25, -0.2) is 4.68 Å². The molecule has 0 aliphatic heterocycles. The Morgan fingerprint density at radius 2 is 1.95 bits per heavy atom. The largest absolute Gasteiger partial charge is 0.497 e. The lowest BCUT2D eigenvalue weighted by Crippen LogP contribution is -2.14. The molecule has 6 heteroatoms. The Bertz CT molecular complexity index is 525. The van der Waals surface area contributed by atoms with Gasteiger partial charge in [0.2, 0.25) is 0 Å². The quantitative estimate of drug-likeness (QED) is 0.714. The summed E-state index contributed by atoms with van der Waals surface area (Å²) in [4.78, 5) is 0. The van der Waals surface area contributed by atoms with Crippen LogP contribution in [0.15, 0.2) is 30.5 Å². The van der Waals surface area contributed by atoms with E-state index in [9.17, 15) is 0 Å². The van der Waals surface area contributed by atoms with Gasteiger partial charge in [0.25, 0.3) is 0 Å². The molecule has 0 radical (unpaired) electrons. The lowest BCUT2D eigenvalue weighted by Gasteiger charge is -2.06. The number of benzene rings is 1. The van der Waals surface area contributed by atoms with Crippen LogP contribution in [-0.4, -0.2) is 35.3 Å². The maximum Gasteiger partial charge on any atom is 0.119 e. The van der Waals surface area contributed by atoms with Crippen molar-refractivity contribution in [3.05, 3.63) is 36.2 Å². The lowest BCUT2D eigenvalue weighted by atomic mass is 10.3. The zero-order valence-corrected chi connectivity index (χ0v) is 12.6. The molecule has 21 heavy (non-hydrogen) atoms. The van der Waals surface area contributed by atoms with Gasteiger partial charge in [0.05, 0.1) is 19.3 Å². The van der Waals surface area contributed by atoms with Gasteiger partial charge in [-0.05, 0) is 37.2 Å². The minimum atomic E-state index is 0.553. The highest BCUT2D eigenvalue weighted by Crippen LogP contribution is 2.16. The van der Waals surface area contributed by atoms with Gasteiger partial charge in [-0.2, -0.15) is 0 Å². The standard InChI is InChI=1S/C15H22N4O2/c1-3-8-16-11-13-12-19(18-17-13)9-10-21-15-6-4-14(20-2)5-7-15/h4-7,12,16H,3,8-11H2,1-2H3. The minimum Gasteiger partial charge on any atom is -0.497 e. The number of rotatable bonds is 9. The van der Waals surface area contributed by atoms with Crippen LogP contribution in [0.25, 0.3) is 0 Å². The molecule has 1 N–H and O–H groups in total. The minimum absolute atomic E-state index is 0.553. The van der Waals surface area contributed by atoms with Gasteiger partial charge < -0.3 is 14.8 Å². The van der Waals surface area contributed by atoms with E-state index in [1.807, 2.05) is 30.5 Å². The van der Waals surface area contributed by atoms with Crippen molar-refractivity contribution < 1.29 is 9.47 Å². The van der Waals surface area contributed by atoms with Crippen LogP contribution in [0.1, 0.15) is 19.0 Å². The SMILES string of the molecule is CCCNCc1cn(CCOc2ccc(OC)cc2)nn1. The summed E-state index contributed by atoms with van der Waals surface area (Å²) in [6.07, 6.45) is 3.06. The normalized spacial score (nSPS) is 10.6. The molecule has 1 aromatic heterocycles. The maximum absolute atomic E-state index is 5.66. The van der Waals surface area contributed by atoms with Crippen LogP contribution in [-0.2, 0) is 13.1 Å². The molecule has 6 nitrogen and oxygen atoms in total. The van der Waals surface area contributed by atoms with Gasteiger partial charge in [0, 0.05) is 12.7 Å². The van der Waals surface area contributed by atoms with E-state index >= 15 is 0 Å². The van der Waals surface area contributed by atoms with Gasteiger partial charge in [0.15, 0.2) is 0 Å². The van der Waals surface area contributed by atoms with Crippen molar-refractivity contribution in [2.75, 3.05) is 20.3 Å². The van der Waals surface area contributed by atoms with Crippen molar-refractivity contribution in [1.82, 2.24) is 20.3 Å². The Morgan fingerprint density at radius 3 is 2.67 bits per heavy atom. The molecule has 0 saturated carbocycles. The van der Waals surface area contributed by atoms with Crippen LogP contribution in [0.2, 0.25) is 0 Å². The Balaban J connectivity index is 1.72. The molecule has 1 heterocycles. The molecule has 2 rings (SSSR count). The van der Waals surface area contributed by atoms with E-state index in [1.165, 1.54) is 0 Å². The first-order chi connectivity index (χ1) is 10.3. The van der Waals surface area contributed by atoms with Gasteiger partial charge in [-0.15, -0.1) is 5.10 Å². The number of aromatic nitrogens is 3. The summed E-state index contributed by atoms with van der Waals surface area (Å²) in [7, 11) is 1.65. The third kappa shape index (κ3) is 5.07. The molecule has 0 amide bonds. The highest BCUT2D eigenvalue weighted by molar-refractivity contribution is 5.31. The molecule has 1 aromatic carbocycles. The Hall–Kier alpha value is -2.08. The summed E-state index contributed by atoms with van der Waals surface area (Å²) < 4.78 is 12.6. The fraction of sp³-hybridized carbons (Fsp3) is 0.467. The van der Waals surface area contributed by atoms with Crippen LogP contribution in [0.4, 0.5) is 0 Å². The summed E-state index contributed by atoms with van der Waals surface area (Å²) >= 11 is 0. The van der Waals surface area contributed by atoms with E-state index in [1.54, 1.807) is 11.8 Å². The third-order valence-electron chi connectivity index (χ3n) is 2.97. The molecule has 2 aromatic rings.